The van der Waals surface area contributed by atoms with Gasteiger partial charge in [-0.15, -0.1) is 0 Å². The van der Waals surface area contributed by atoms with E-state index in [1.54, 1.807) is 31.3 Å². The summed E-state index contributed by atoms with van der Waals surface area (Å²) < 4.78 is 14.0. The Hall–Kier alpha value is -3.00. The molecule has 8 heteroatoms. The average molecular weight is 385 g/mol. The number of pyridine rings is 1. The highest BCUT2D eigenvalue weighted by molar-refractivity contribution is 5.99. The van der Waals surface area contributed by atoms with Crippen LogP contribution in [0, 0.1) is 5.82 Å². The number of nitrogens with zero attached hydrogens (tertiary/aromatic N) is 3. The number of carbonyl (C=O) groups excluding carboxylic acids is 2. The Balaban J connectivity index is 1.53. The predicted octanol–water partition coefficient (Wildman–Crippen LogP) is 2.57. The van der Waals surface area contributed by atoms with Gasteiger partial charge in [0.25, 0.3) is 0 Å². The molecule has 3 rings (SSSR count). The Bertz CT molecular complexity index is 823. The van der Waals surface area contributed by atoms with Gasteiger partial charge in [-0.2, -0.15) is 0 Å². The lowest BCUT2D eigenvalue weighted by molar-refractivity contribution is -0.130. The van der Waals surface area contributed by atoms with Gasteiger partial charge in [0.15, 0.2) is 0 Å². The summed E-state index contributed by atoms with van der Waals surface area (Å²) in [5, 5.41) is 5.30. The van der Waals surface area contributed by atoms with E-state index in [0.717, 1.165) is 38.3 Å². The molecule has 0 unspecified atom stereocenters. The molecule has 0 atom stereocenters. The molecule has 2 aromatic rings. The average Bonchev–Trinajstić information content (AvgIpc) is 2.67. The lowest BCUT2D eigenvalue weighted by atomic mass is 10.1. The first-order chi connectivity index (χ1) is 13.5. The summed E-state index contributed by atoms with van der Waals surface area (Å²) in [5.74, 6) is -0.291. The fourth-order valence-corrected chi connectivity index (χ4v) is 3.17. The van der Waals surface area contributed by atoms with E-state index in [2.05, 4.69) is 20.5 Å². The minimum atomic E-state index is -0.454. The van der Waals surface area contributed by atoms with Crippen LogP contribution in [0.3, 0.4) is 0 Å². The van der Waals surface area contributed by atoms with E-state index in [4.69, 9.17) is 0 Å². The van der Waals surface area contributed by atoms with Crippen molar-refractivity contribution in [2.75, 3.05) is 43.4 Å². The molecule has 1 saturated heterocycles. The van der Waals surface area contributed by atoms with Crippen molar-refractivity contribution in [3.63, 3.8) is 0 Å². The normalized spacial score (nSPS) is 14.6. The lowest BCUT2D eigenvalue weighted by Crippen LogP contribution is -2.48. The van der Waals surface area contributed by atoms with Crippen molar-refractivity contribution in [3.05, 3.63) is 54.1 Å². The van der Waals surface area contributed by atoms with Crippen molar-refractivity contribution in [2.45, 2.75) is 13.3 Å². The number of halogens is 1. The highest BCUT2D eigenvalue weighted by Crippen LogP contribution is 2.16. The fraction of sp³-hybridized carbons (Fsp3) is 0.350. The van der Waals surface area contributed by atoms with Crippen molar-refractivity contribution < 1.29 is 14.0 Å². The summed E-state index contributed by atoms with van der Waals surface area (Å²) in [6.45, 7) is 5.43. The first kappa shape index (κ1) is 19.8. The molecule has 1 aromatic carbocycles. The number of amides is 3. The van der Waals surface area contributed by atoms with E-state index in [1.165, 1.54) is 18.3 Å². The lowest BCUT2D eigenvalue weighted by Gasteiger charge is -2.34. The third-order valence-corrected chi connectivity index (χ3v) is 4.67. The van der Waals surface area contributed by atoms with E-state index in [-0.39, 0.29) is 5.91 Å². The third kappa shape index (κ3) is 5.75. The van der Waals surface area contributed by atoms with Crippen LogP contribution in [0.2, 0.25) is 0 Å². The summed E-state index contributed by atoms with van der Waals surface area (Å²) in [6, 6.07) is 7.53. The molecule has 1 fully saturated rings. The van der Waals surface area contributed by atoms with Crippen LogP contribution in [0.1, 0.15) is 12.5 Å². The van der Waals surface area contributed by atoms with Crippen LogP contribution in [0.15, 0.2) is 42.7 Å². The van der Waals surface area contributed by atoms with Gasteiger partial charge >= 0.3 is 6.03 Å². The Morgan fingerprint density at radius 2 is 1.86 bits per heavy atom. The molecule has 1 aliphatic heterocycles. The number of hydrogen-bond donors (Lipinski definition) is 2. The molecule has 1 aromatic heterocycles. The van der Waals surface area contributed by atoms with Crippen molar-refractivity contribution in [2.24, 2.45) is 0 Å². The molecule has 148 valence electrons. The number of nitrogens with one attached hydrogen (secondary N) is 2. The molecule has 2 N–H and O–H groups in total. The molecule has 1 aliphatic rings. The van der Waals surface area contributed by atoms with Crippen molar-refractivity contribution in [1.82, 2.24) is 14.8 Å². The predicted molar refractivity (Wildman–Crippen MR) is 106 cm³/mol. The Morgan fingerprint density at radius 1 is 1.11 bits per heavy atom. The van der Waals surface area contributed by atoms with Crippen molar-refractivity contribution >= 4 is 23.3 Å². The zero-order valence-corrected chi connectivity index (χ0v) is 15.8. The zero-order valence-electron chi connectivity index (χ0n) is 15.8. The van der Waals surface area contributed by atoms with Gasteiger partial charge in [-0.05, 0) is 42.3 Å². The van der Waals surface area contributed by atoms with Gasteiger partial charge in [0.2, 0.25) is 5.91 Å². The molecule has 0 spiro atoms. The maximum atomic E-state index is 14.0. The van der Waals surface area contributed by atoms with Gasteiger partial charge in [0, 0.05) is 51.5 Å². The van der Waals surface area contributed by atoms with Crippen molar-refractivity contribution in [1.29, 1.82) is 0 Å². The number of aromatic nitrogens is 1. The first-order valence-electron chi connectivity index (χ1n) is 9.25. The van der Waals surface area contributed by atoms with Gasteiger partial charge in [-0.3, -0.25) is 14.7 Å². The molecular weight excluding hydrogens is 361 g/mol. The van der Waals surface area contributed by atoms with Crippen LogP contribution in [-0.4, -0.2) is 59.4 Å². The molecule has 7 nitrogen and oxygen atoms in total. The number of carbonyl (C=O) groups is 2. The quantitative estimate of drug-likeness (QED) is 0.829. The van der Waals surface area contributed by atoms with E-state index in [0.29, 0.717) is 17.8 Å². The Kier molecular flexibility index (Phi) is 6.54. The fourth-order valence-electron chi connectivity index (χ4n) is 3.17. The minimum absolute atomic E-state index is 0.102. The highest BCUT2D eigenvalue weighted by atomic mass is 19.1. The van der Waals surface area contributed by atoms with Crippen LogP contribution in [-0.2, 0) is 11.2 Å². The van der Waals surface area contributed by atoms with E-state index in [1.807, 2.05) is 4.90 Å². The summed E-state index contributed by atoms with van der Waals surface area (Å²) >= 11 is 0. The maximum absolute atomic E-state index is 14.0. The number of piperazine rings is 1. The number of urea groups is 1. The van der Waals surface area contributed by atoms with Crippen molar-refractivity contribution in [3.8, 4) is 0 Å². The second-order valence-electron chi connectivity index (χ2n) is 6.77. The summed E-state index contributed by atoms with van der Waals surface area (Å²) in [6.07, 6.45) is 3.81. The standard InChI is InChI=1S/C20H24FN5O2/c1-15(27)26-9-7-25(8-10-26)6-4-16-11-17(21)13-19(12-16)24-20(28)23-18-3-2-5-22-14-18/h2-3,5,11-14H,4,6-10H2,1H3,(H2,23,24,28). The summed E-state index contributed by atoms with van der Waals surface area (Å²) in [4.78, 5) is 31.5. The maximum Gasteiger partial charge on any atom is 0.323 e. The molecule has 3 amide bonds. The van der Waals surface area contributed by atoms with E-state index >= 15 is 0 Å². The third-order valence-electron chi connectivity index (χ3n) is 4.67. The SMILES string of the molecule is CC(=O)N1CCN(CCc2cc(F)cc(NC(=O)Nc3cccnc3)c2)CC1. The van der Waals surface area contributed by atoms with Gasteiger partial charge in [0.05, 0.1) is 11.9 Å². The number of anilines is 2. The van der Waals surface area contributed by atoms with Crippen LogP contribution in [0.25, 0.3) is 0 Å². The molecule has 0 bridgehead atoms. The number of hydrogen-bond acceptors (Lipinski definition) is 4. The van der Waals surface area contributed by atoms with Gasteiger partial charge in [-0.25, -0.2) is 9.18 Å². The number of rotatable bonds is 5. The van der Waals surface area contributed by atoms with E-state index in [9.17, 15) is 14.0 Å². The largest absolute Gasteiger partial charge is 0.340 e. The highest BCUT2D eigenvalue weighted by Gasteiger charge is 2.18. The summed E-state index contributed by atoms with van der Waals surface area (Å²) in [7, 11) is 0. The topological polar surface area (TPSA) is 77.6 Å². The van der Waals surface area contributed by atoms with Crippen LogP contribution < -0.4 is 10.6 Å². The van der Waals surface area contributed by atoms with Crippen LogP contribution in [0.4, 0.5) is 20.6 Å². The smallest absolute Gasteiger partial charge is 0.323 e. The second kappa shape index (κ2) is 9.27. The van der Waals surface area contributed by atoms with Crippen LogP contribution in [0.5, 0.6) is 0 Å². The van der Waals surface area contributed by atoms with Gasteiger partial charge < -0.3 is 15.5 Å². The summed E-state index contributed by atoms with van der Waals surface area (Å²) in [5.41, 5.74) is 1.77. The molecule has 2 heterocycles. The second-order valence-corrected chi connectivity index (χ2v) is 6.77. The molecule has 0 radical (unpaired) electrons. The zero-order chi connectivity index (χ0) is 19.9. The number of benzene rings is 1. The first-order valence-corrected chi connectivity index (χ1v) is 9.25. The van der Waals surface area contributed by atoms with E-state index < -0.39 is 11.8 Å². The van der Waals surface area contributed by atoms with Gasteiger partial charge in [-0.1, -0.05) is 0 Å². The van der Waals surface area contributed by atoms with Gasteiger partial charge in [0.1, 0.15) is 5.82 Å². The Labute approximate surface area is 163 Å². The monoisotopic (exact) mass is 385 g/mol. The molecule has 0 aliphatic carbocycles. The molecule has 0 saturated carbocycles. The molecule has 28 heavy (non-hydrogen) atoms. The van der Waals surface area contributed by atoms with Crippen LogP contribution >= 0.6 is 0 Å². The minimum Gasteiger partial charge on any atom is -0.340 e. The molecular formula is C20H24FN5O2. The Morgan fingerprint density at radius 3 is 2.54 bits per heavy atom.